The van der Waals surface area contributed by atoms with Crippen LogP contribution < -0.4 is 0 Å². The van der Waals surface area contributed by atoms with E-state index in [2.05, 4.69) is 31.2 Å². The minimum Gasteiger partial charge on any atom is -0.386 e. The van der Waals surface area contributed by atoms with Crippen molar-refractivity contribution in [3.63, 3.8) is 0 Å². The normalized spacial score (nSPS) is 29.4. The lowest BCUT2D eigenvalue weighted by atomic mass is 9.78. The standard InChI is InChI=1S/C16H24O2/c1-12-6-8-13(9-7-12)10-16(17)11-14(2,3)18-15(16,4)5/h6-9,17H,10-11H2,1-5H3. The molecule has 0 spiro atoms. The van der Waals surface area contributed by atoms with Crippen LogP contribution in [0.4, 0.5) is 0 Å². The third-order valence-electron chi connectivity index (χ3n) is 3.99. The number of rotatable bonds is 2. The molecular formula is C16H24O2. The highest BCUT2D eigenvalue weighted by Gasteiger charge is 2.56. The maximum absolute atomic E-state index is 11.0. The average Bonchev–Trinajstić information content (AvgIpc) is 2.34. The predicted octanol–water partition coefficient (Wildman–Crippen LogP) is 3.25. The van der Waals surface area contributed by atoms with E-state index in [-0.39, 0.29) is 5.60 Å². The number of aryl methyl sites for hydroxylation is 1. The first-order valence-corrected chi connectivity index (χ1v) is 6.62. The molecule has 1 saturated heterocycles. The van der Waals surface area contributed by atoms with Crippen LogP contribution in [0.25, 0.3) is 0 Å². The van der Waals surface area contributed by atoms with Crippen molar-refractivity contribution in [3.8, 4) is 0 Å². The molecule has 1 aliphatic heterocycles. The fourth-order valence-electron chi connectivity index (χ4n) is 3.06. The Morgan fingerprint density at radius 1 is 1.11 bits per heavy atom. The van der Waals surface area contributed by atoms with E-state index in [9.17, 15) is 5.11 Å². The molecule has 1 heterocycles. The van der Waals surface area contributed by atoms with Gasteiger partial charge in [0.2, 0.25) is 0 Å². The molecule has 1 N–H and O–H groups in total. The van der Waals surface area contributed by atoms with Crippen LogP contribution in [0.3, 0.4) is 0 Å². The molecule has 0 radical (unpaired) electrons. The third-order valence-corrected chi connectivity index (χ3v) is 3.99. The maximum atomic E-state index is 11.0. The van der Waals surface area contributed by atoms with Gasteiger partial charge in [0.25, 0.3) is 0 Å². The molecule has 0 saturated carbocycles. The van der Waals surface area contributed by atoms with Gasteiger partial charge in [0.15, 0.2) is 0 Å². The van der Waals surface area contributed by atoms with Crippen LogP contribution >= 0.6 is 0 Å². The molecule has 1 unspecified atom stereocenters. The molecule has 1 aliphatic rings. The lowest BCUT2D eigenvalue weighted by Crippen LogP contribution is -2.48. The van der Waals surface area contributed by atoms with Crippen LogP contribution in [-0.2, 0) is 11.2 Å². The van der Waals surface area contributed by atoms with Gasteiger partial charge in [0.05, 0.1) is 16.8 Å². The molecule has 0 aliphatic carbocycles. The van der Waals surface area contributed by atoms with E-state index in [0.29, 0.717) is 12.8 Å². The van der Waals surface area contributed by atoms with Crippen molar-refractivity contribution in [2.24, 2.45) is 0 Å². The Hall–Kier alpha value is -0.860. The van der Waals surface area contributed by atoms with E-state index >= 15 is 0 Å². The summed E-state index contributed by atoms with van der Waals surface area (Å²) < 4.78 is 6.00. The van der Waals surface area contributed by atoms with Gasteiger partial charge in [-0.15, -0.1) is 0 Å². The lowest BCUT2D eigenvalue weighted by Gasteiger charge is -2.35. The Morgan fingerprint density at radius 3 is 2.11 bits per heavy atom. The van der Waals surface area contributed by atoms with Gasteiger partial charge in [-0.3, -0.25) is 0 Å². The molecule has 2 rings (SSSR count). The van der Waals surface area contributed by atoms with E-state index in [1.54, 1.807) is 0 Å². The van der Waals surface area contributed by atoms with Crippen molar-refractivity contribution in [2.75, 3.05) is 0 Å². The van der Waals surface area contributed by atoms with Crippen molar-refractivity contribution < 1.29 is 9.84 Å². The Balaban J connectivity index is 2.24. The fourth-order valence-corrected chi connectivity index (χ4v) is 3.06. The molecule has 2 heteroatoms. The molecule has 18 heavy (non-hydrogen) atoms. The zero-order valence-electron chi connectivity index (χ0n) is 12.1. The number of benzene rings is 1. The highest BCUT2D eigenvalue weighted by atomic mass is 16.5. The molecule has 0 amide bonds. The zero-order chi connectivity index (χ0) is 13.6. The van der Waals surface area contributed by atoms with E-state index in [0.717, 1.165) is 5.56 Å². The molecular weight excluding hydrogens is 224 g/mol. The minimum absolute atomic E-state index is 0.261. The topological polar surface area (TPSA) is 29.5 Å². The fraction of sp³-hybridized carbons (Fsp3) is 0.625. The van der Waals surface area contributed by atoms with Crippen LogP contribution in [0, 0.1) is 6.92 Å². The molecule has 1 aromatic carbocycles. The van der Waals surface area contributed by atoms with Crippen molar-refractivity contribution in [1.29, 1.82) is 0 Å². The van der Waals surface area contributed by atoms with Gasteiger partial charge in [0.1, 0.15) is 0 Å². The van der Waals surface area contributed by atoms with Crippen molar-refractivity contribution >= 4 is 0 Å². The van der Waals surface area contributed by atoms with E-state index in [4.69, 9.17) is 4.74 Å². The van der Waals surface area contributed by atoms with Crippen molar-refractivity contribution in [3.05, 3.63) is 35.4 Å². The SMILES string of the molecule is Cc1ccc(CC2(O)CC(C)(C)OC2(C)C)cc1. The molecule has 1 atom stereocenters. The number of hydrogen-bond donors (Lipinski definition) is 1. The van der Waals surface area contributed by atoms with Crippen LogP contribution in [0.15, 0.2) is 24.3 Å². The van der Waals surface area contributed by atoms with Gasteiger partial charge in [-0.1, -0.05) is 29.8 Å². The second-order valence-electron chi connectivity index (χ2n) is 6.74. The van der Waals surface area contributed by atoms with Gasteiger partial charge in [-0.25, -0.2) is 0 Å². The summed E-state index contributed by atoms with van der Waals surface area (Å²) in [6.07, 6.45) is 1.31. The van der Waals surface area contributed by atoms with Crippen LogP contribution in [0.5, 0.6) is 0 Å². The van der Waals surface area contributed by atoms with E-state index in [1.807, 2.05) is 27.7 Å². The second kappa shape index (κ2) is 4.07. The predicted molar refractivity (Wildman–Crippen MR) is 73.7 cm³/mol. The van der Waals surface area contributed by atoms with E-state index in [1.165, 1.54) is 5.56 Å². The van der Waals surface area contributed by atoms with E-state index < -0.39 is 11.2 Å². The quantitative estimate of drug-likeness (QED) is 0.870. The summed E-state index contributed by atoms with van der Waals surface area (Å²) in [5.41, 5.74) is 0.835. The monoisotopic (exact) mass is 248 g/mol. The number of ether oxygens (including phenoxy) is 1. The van der Waals surface area contributed by atoms with Crippen molar-refractivity contribution in [2.45, 2.75) is 64.3 Å². The number of hydrogen-bond acceptors (Lipinski definition) is 2. The van der Waals surface area contributed by atoms with Crippen LogP contribution in [-0.4, -0.2) is 21.9 Å². The summed E-state index contributed by atoms with van der Waals surface area (Å²) in [5, 5.41) is 11.0. The Morgan fingerprint density at radius 2 is 1.67 bits per heavy atom. The van der Waals surface area contributed by atoms with Crippen LogP contribution in [0.1, 0.15) is 45.2 Å². The molecule has 0 aromatic heterocycles. The summed E-state index contributed by atoms with van der Waals surface area (Å²) in [7, 11) is 0. The summed E-state index contributed by atoms with van der Waals surface area (Å²) in [4.78, 5) is 0. The summed E-state index contributed by atoms with van der Waals surface area (Å²) >= 11 is 0. The maximum Gasteiger partial charge on any atom is 0.0998 e. The Labute approximate surface area is 110 Å². The largest absolute Gasteiger partial charge is 0.386 e. The summed E-state index contributed by atoms with van der Waals surface area (Å²) in [6.45, 7) is 10.1. The minimum atomic E-state index is -0.800. The number of aliphatic hydroxyl groups is 1. The molecule has 0 bridgehead atoms. The van der Waals surface area contributed by atoms with Crippen LogP contribution in [0.2, 0.25) is 0 Å². The average molecular weight is 248 g/mol. The third kappa shape index (κ3) is 2.45. The molecule has 1 aromatic rings. The molecule has 2 nitrogen and oxygen atoms in total. The zero-order valence-corrected chi connectivity index (χ0v) is 12.1. The smallest absolute Gasteiger partial charge is 0.0998 e. The summed E-state index contributed by atoms with van der Waals surface area (Å²) in [5.74, 6) is 0. The van der Waals surface area contributed by atoms with Gasteiger partial charge < -0.3 is 9.84 Å². The van der Waals surface area contributed by atoms with Crippen molar-refractivity contribution in [1.82, 2.24) is 0 Å². The summed E-state index contributed by atoms with van der Waals surface area (Å²) in [6, 6.07) is 8.36. The highest BCUT2D eigenvalue weighted by Crippen LogP contribution is 2.46. The molecule has 100 valence electrons. The van der Waals surface area contributed by atoms with Gasteiger partial charge in [-0.2, -0.15) is 0 Å². The second-order valence-corrected chi connectivity index (χ2v) is 6.74. The molecule has 1 fully saturated rings. The Kier molecular flexibility index (Phi) is 3.07. The first-order chi connectivity index (χ1) is 8.14. The first-order valence-electron chi connectivity index (χ1n) is 6.62. The highest BCUT2D eigenvalue weighted by molar-refractivity contribution is 5.24. The van der Waals surface area contributed by atoms with Gasteiger partial charge >= 0.3 is 0 Å². The van der Waals surface area contributed by atoms with Gasteiger partial charge in [-0.05, 0) is 40.2 Å². The first kappa shape index (κ1) is 13.6. The Bertz CT molecular complexity index is 431. The lowest BCUT2D eigenvalue weighted by molar-refractivity contribution is -0.125. The van der Waals surface area contributed by atoms with Gasteiger partial charge in [0, 0.05) is 12.8 Å².